The summed E-state index contributed by atoms with van der Waals surface area (Å²) in [6, 6.07) is 5.98. The number of nitrogens with one attached hydrogen (secondary N) is 1. The molecule has 2 N–H and O–H groups in total. The molecule has 0 aliphatic carbocycles. The van der Waals surface area contributed by atoms with Crippen LogP contribution in [0.15, 0.2) is 24.3 Å². The van der Waals surface area contributed by atoms with Crippen LogP contribution in [0.5, 0.6) is 0 Å². The van der Waals surface area contributed by atoms with Gasteiger partial charge in [0, 0.05) is 12.7 Å². The van der Waals surface area contributed by atoms with Crippen molar-refractivity contribution < 1.29 is 14.7 Å². The van der Waals surface area contributed by atoms with Crippen LogP contribution in [-0.2, 0) is 4.79 Å². The maximum absolute atomic E-state index is 11.7. The fourth-order valence-corrected chi connectivity index (χ4v) is 1.19. The quantitative estimate of drug-likeness (QED) is 0.842. The van der Waals surface area contributed by atoms with E-state index in [1.165, 1.54) is 14.0 Å². The first-order chi connectivity index (χ1) is 7.91. The summed E-state index contributed by atoms with van der Waals surface area (Å²) in [5.74, 6) is -1.04. The summed E-state index contributed by atoms with van der Waals surface area (Å²) >= 11 is 0. The van der Waals surface area contributed by atoms with Gasteiger partial charge < -0.3 is 15.3 Å². The molecular formula is C12H16N2O3. The van der Waals surface area contributed by atoms with Crippen LogP contribution in [0.3, 0.4) is 0 Å². The number of carbonyl (C=O) groups excluding carboxylic acids is 1. The first kappa shape index (κ1) is 13.0. The molecule has 1 rings (SSSR count). The number of aliphatic carboxylic acids is 1. The highest BCUT2D eigenvalue weighted by atomic mass is 16.4. The van der Waals surface area contributed by atoms with E-state index >= 15 is 0 Å². The minimum Gasteiger partial charge on any atom is -0.480 e. The minimum absolute atomic E-state index is 0.441. The van der Waals surface area contributed by atoms with Gasteiger partial charge in [0.2, 0.25) is 0 Å². The largest absolute Gasteiger partial charge is 0.480 e. The SMILES string of the molecule is Cc1ccc(NC(=O)N(C)C(C)C(=O)O)cc1. The van der Waals surface area contributed by atoms with Crippen molar-refractivity contribution in [3.63, 3.8) is 0 Å². The molecule has 5 heteroatoms. The molecule has 2 amide bonds. The normalized spacial score (nSPS) is 11.7. The van der Waals surface area contributed by atoms with E-state index in [2.05, 4.69) is 5.32 Å². The van der Waals surface area contributed by atoms with Crippen molar-refractivity contribution in [3.05, 3.63) is 29.8 Å². The zero-order valence-corrected chi connectivity index (χ0v) is 10.1. The molecular weight excluding hydrogens is 220 g/mol. The van der Waals surface area contributed by atoms with E-state index in [-0.39, 0.29) is 0 Å². The van der Waals surface area contributed by atoms with Crippen LogP contribution in [0.2, 0.25) is 0 Å². The van der Waals surface area contributed by atoms with Crippen molar-refractivity contribution in [2.75, 3.05) is 12.4 Å². The van der Waals surface area contributed by atoms with Gasteiger partial charge in [0.15, 0.2) is 0 Å². The van der Waals surface area contributed by atoms with Crippen LogP contribution in [0.1, 0.15) is 12.5 Å². The second-order valence-corrected chi connectivity index (χ2v) is 3.92. The van der Waals surface area contributed by atoms with Gasteiger partial charge in [-0.2, -0.15) is 0 Å². The molecule has 0 bridgehead atoms. The lowest BCUT2D eigenvalue weighted by atomic mass is 10.2. The molecule has 0 heterocycles. The monoisotopic (exact) mass is 236 g/mol. The van der Waals surface area contributed by atoms with Crippen molar-refractivity contribution in [1.82, 2.24) is 4.90 Å². The van der Waals surface area contributed by atoms with Crippen LogP contribution in [0.25, 0.3) is 0 Å². The number of benzene rings is 1. The smallest absolute Gasteiger partial charge is 0.326 e. The summed E-state index contributed by atoms with van der Waals surface area (Å²) in [5, 5.41) is 11.4. The Morgan fingerprint density at radius 2 is 1.82 bits per heavy atom. The highest BCUT2D eigenvalue weighted by Crippen LogP contribution is 2.10. The van der Waals surface area contributed by atoms with Crippen LogP contribution in [0, 0.1) is 6.92 Å². The summed E-state index contributed by atoms with van der Waals surface area (Å²) in [6.45, 7) is 3.40. The van der Waals surface area contributed by atoms with Gasteiger partial charge in [-0.15, -0.1) is 0 Å². The molecule has 92 valence electrons. The van der Waals surface area contributed by atoms with Crippen molar-refractivity contribution >= 4 is 17.7 Å². The van der Waals surface area contributed by atoms with E-state index in [9.17, 15) is 9.59 Å². The van der Waals surface area contributed by atoms with E-state index in [4.69, 9.17) is 5.11 Å². The molecule has 0 saturated carbocycles. The standard InChI is InChI=1S/C12H16N2O3/c1-8-4-6-10(7-5-8)13-12(17)14(3)9(2)11(15)16/h4-7,9H,1-3H3,(H,13,17)(H,15,16). The summed E-state index contributed by atoms with van der Waals surface area (Å²) in [4.78, 5) is 23.6. The second kappa shape index (κ2) is 5.34. The molecule has 0 saturated heterocycles. The van der Waals surface area contributed by atoms with Gasteiger partial charge in [-0.05, 0) is 26.0 Å². The lowest BCUT2D eigenvalue weighted by molar-refractivity contribution is -0.141. The number of urea groups is 1. The Hall–Kier alpha value is -2.04. The fourth-order valence-electron chi connectivity index (χ4n) is 1.19. The van der Waals surface area contributed by atoms with Crippen LogP contribution < -0.4 is 5.32 Å². The van der Waals surface area contributed by atoms with Crippen molar-refractivity contribution in [2.24, 2.45) is 0 Å². The maximum Gasteiger partial charge on any atom is 0.326 e. The highest BCUT2D eigenvalue weighted by Gasteiger charge is 2.21. The third kappa shape index (κ3) is 3.48. The van der Waals surface area contributed by atoms with Crippen molar-refractivity contribution in [2.45, 2.75) is 19.9 Å². The summed E-state index contributed by atoms with van der Waals surface area (Å²) < 4.78 is 0. The Morgan fingerprint density at radius 1 is 1.29 bits per heavy atom. The summed E-state index contributed by atoms with van der Waals surface area (Å²) in [6.07, 6.45) is 0. The number of anilines is 1. The van der Waals surface area contributed by atoms with Crippen LogP contribution in [0.4, 0.5) is 10.5 Å². The molecule has 0 spiro atoms. The third-order valence-electron chi connectivity index (χ3n) is 2.56. The molecule has 1 unspecified atom stereocenters. The molecule has 0 aliphatic rings. The molecule has 0 aromatic heterocycles. The van der Waals surface area contributed by atoms with E-state index in [1.807, 2.05) is 19.1 Å². The number of hydrogen-bond acceptors (Lipinski definition) is 2. The van der Waals surface area contributed by atoms with Gasteiger partial charge in [-0.25, -0.2) is 9.59 Å². The van der Waals surface area contributed by atoms with Gasteiger partial charge in [-0.1, -0.05) is 17.7 Å². The van der Waals surface area contributed by atoms with Gasteiger partial charge in [-0.3, -0.25) is 0 Å². The van der Waals surface area contributed by atoms with Crippen LogP contribution in [-0.4, -0.2) is 35.1 Å². The van der Waals surface area contributed by atoms with E-state index < -0.39 is 18.0 Å². The van der Waals surface area contributed by atoms with E-state index in [0.29, 0.717) is 5.69 Å². The molecule has 0 radical (unpaired) electrons. The molecule has 1 atom stereocenters. The Bertz CT molecular complexity index is 414. The predicted octanol–water partition coefficient (Wildman–Crippen LogP) is 1.93. The number of hydrogen-bond donors (Lipinski definition) is 2. The Kier molecular flexibility index (Phi) is 4.09. The molecule has 1 aromatic rings. The fraction of sp³-hybridized carbons (Fsp3) is 0.333. The Balaban J connectivity index is 2.66. The molecule has 0 fully saturated rings. The van der Waals surface area contributed by atoms with Gasteiger partial charge in [0.1, 0.15) is 6.04 Å². The summed E-state index contributed by atoms with van der Waals surface area (Å²) in [7, 11) is 1.45. The number of carbonyl (C=O) groups is 2. The zero-order valence-electron chi connectivity index (χ0n) is 10.1. The van der Waals surface area contributed by atoms with E-state index in [0.717, 1.165) is 10.5 Å². The predicted molar refractivity (Wildman–Crippen MR) is 65.1 cm³/mol. The van der Waals surface area contributed by atoms with Crippen molar-refractivity contribution in [3.8, 4) is 0 Å². The number of nitrogens with zero attached hydrogens (tertiary/aromatic N) is 1. The highest BCUT2D eigenvalue weighted by molar-refractivity contribution is 5.91. The van der Waals surface area contributed by atoms with E-state index in [1.54, 1.807) is 12.1 Å². The number of rotatable bonds is 3. The molecule has 0 aliphatic heterocycles. The second-order valence-electron chi connectivity index (χ2n) is 3.92. The topological polar surface area (TPSA) is 69.6 Å². The van der Waals surface area contributed by atoms with Crippen LogP contribution >= 0.6 is 0 Å². The summed E-state index contributed by atoms with van der Waals surface area (Å²) in [5.41, 5.74) is 1.74. The average Bonchev–Trinajstić information content (AvgIpc) is 2.30. The molecule has 17 heavy (non-hydrogen) atoms. The number of carboxylic acids is 1. The first-order valence-electron chi connectivity index (χ1n) is 5.25. The average molecular weight is 236 g/mol. The number of amides is 2. The lowest BCUT2D eigenvalue weighted by Gasteiger charge is -2.21. The van der Waals surface area contributed by atoms with Gasteiger partial charge in [0.05, 0.1) is 0 Å². The third-order valence-corrected chi connectivity index (χ3v) is 2.56. The maximum atomic E-state index is 11.7. The minimum atomic E-state index is -1.04. The lowest BCUT2D eigenvalue weighted by Crippen LogP contribution is -2.42. The van der Waals surface area contributed by atoms with Gasteiger partial charge in [0.25, 0.3) is 0 Å². The number of likely N-dealkylation sites (N-methyl/N-ethyl adjacent to an activating group) is 1. The molecule has 5 nitrogen and oxygen atoms in total. The first-order valence-corrected chi connectivity index (χ1v) is 5.25. The van der Waals surface area contributed by atoms with Crippen molar-refractivity contribution in [1.29, 1.82) is 0 Å². The zero-order chi connectivity index (χ0) is 13.0. The Morgan fingerprint density at radius 3 is 2.29 bits per heavy atom. The number of carboxylic acid groups (broad SMARTS) is 1. The Labute approximate surface area is 100 Å². The number of aryl methyl sites for hydroxylation is 1. The molecule has 1 aromatic carbocycles. The van der Waals surface area contributed by atoms with Gasteiger partial charge >= 0.3 is 12.0 Å².